The SMILES string of the molecule is CCCCCCc1cc(Br)sc1-c1ccc(-c2sc(Br)cc2CCCCCC)o1. The van der Waals surface area contributed by atoms with Crippen molar-refractivity contribution in [3.8, 4) is 21.3 Å². The van der Waals surface area contributed by atoms with Gasteiger partial charge >= 0.3 is 0 Å². The van der Waals surface area contributed by atoms with Gasteiger partial charge in [0, 0.05) is 0 Å². The molecule has 0 saturated heterocycles. The van der Waals surface area contributed by atoms with Crippen molar-refractivity contribution in [2.75, 3.05) is 0 Å². The number of unbranched alkanes of at least 4 members (excludes halogenated alkanes) is 6. The summed E-state index contributed by atoms with van der Waals surface area (Å²) >= 11 is 10.9. The topological polar surface area (TPSA) is 13.1 Å². The molecule has 0 amide bonds. The molecule has 0 aromatic carbocycles. The highest BCUT2D eigenvalue weighted by atomic mass is 79.9. The maximum atomic E-state index is 6.40. The van der Waals surface area contributed by atoms with E-state index in [1.54, 1.807) is 22.7 Å². The molecule has 0 aliphatic heterocycles. The minimum atomic E-state index is 1.00. The summed E-state index contributed by atoms with van der Waals surface area (Å²) < 4.78 is 8.77. The summed E-state index contributed by atoms with van der Waals surface area (Å²) in [5.41, 5.74) is 2.82. The van der Waals surface area contributed by atoms with Gasteiger partial charge in [0.05, 0.1) is 17.3 Å². The number of aryl methyl sites for hydroxylation is 2. The van der Waals surface area contributed by atoms with Gasteiger partial charge in [0.15, 0.2) is 0 Å². The molecular weight excluding hydrogens is 528 g/mol. The van der Waals surface area contributed by atoms with Crippen molar-refractivity contribution in [2.24, 2.45) is 0 Å². The van der Waals surface area contributed by atoms with E-state index in [1.807, 2.05) is 0 Å². The second-order valence-electron chi connectivity index (χ2n) is 7.59. The molecule has 0 N–H and O–H groups in total. The first kappa shape index (κ1) is 23.3. The highest BCUT2D eigenvalue weighted by molar-refractivity contribution is 9.11. The Labute approximate surface area is 200 Å². The van der Waals surface area contributed by atoms with Crippen LogP contribution in [0, 0.1) is 0 Å². The van der Waals surface area contributed by atoms with E-state index >= 15 is 0 Å². The molecule has 3 aromatic heterocycles. The van der Waals surface area contributed by atoms with E-state index in [-0.39, 0.29) is 0 Å². The highest BCUT2D eigenvalue weighted by Crippen LogP contribution is 2.42. The lowest BCUT2D eigenvalue weighted by atomic mass is 10.1. The van der Waals surface area contributed by atoms with E-state index < -0.39 is 0 Å². The lowest BCUT2D eigenvalue weighted by Crippen LogP contribution is -1.86. The molecule has 3 rings (SSSR count). The van der Waals surface area contributed by atoms with Crippen LogP contribution in [0.25, 0.3) is 21.3 Å². The lowest BCUT2D eigenvalue weighted by Gasteiger charge is -2.03. The largest absolute Gasteiger partial charge is 0.454 e. The van der Waals surface area contributed by atoms with Crippen molar-refractivity contribution < 1.29 is 4.42 Å². The quantitative estimate of drug-likeness (QED) is 0.202. The molecular formula is C24H30Br2OS2. The van der Waals surface area contributed by atoms with E-state index in [9.17, 15) is 0 Å². The van der Waals surface area contributed by atoms with Gasteiger partial charge in [-0.3, -0.25) is 0 Å². The maximum absolute atomic E-state index is 6.40. The molecule has 0 spiro atoms. The van der Waals surface area contributed by atoms with E-state index in [4.69, 9.17) is 4.42 Å². The maximum Gasteiger partial charge on any atom is 0.145 e. The fourth-order valence-electron chi connectivity index (χ4n) is 3.64. The molecule has 0 radical (unpaired) electrons. The van der Waals surface area contributed by atoms with Crippen LogP contribution in [0.15, 0.2) is 36.3 Å². The monoisotopic (exact) mass is 556 g/mol. The average molecular weight is 558 g/mol. The van der Waals surface area contributed by atoms with E-state index in [0.717, 1.165) is 24.4 Å². The normalized spacial score (nSPS) is 11.4. The first-order valence-electron chi connectivity index (χ1n) is 10.8. The number of rotatable bonds is 12. The Bertz CT molecular complexity index is 820. The van der Waals surface area contributed by atoms with Crippen molar-refractivity contribution in [3.05, 3.63) is 43.0 Å². The van der Waals surface area contributed by atoms with Crippen LogP contribution in [0.4, 0.5) is 0 Å². The van der Waals surface area contributed by atoms with Crippen LogP contribution in [-0.4, -0.2) is 0 Å². The van der Waals surface area contributed by atoms with Gasteiger partial charge in [-0.05, 0) is 92.9 Å². The standard InChI is InChI=1S/C24H30Br2OS2/c1-3-5-7-9-11-17-15-21(25)28-23(17)19-13-14-20(27-19)24-18(16-22(26)29-24)12-10-8-6-4-2/h13-16H,3-12H2,1-2H3. The Kier molecular flexibility index (Phi) is 9.54. The van der Waals surface area contributed by atoms with Crippen molar-refractivity contribution >= 4 is 54.5 Å². The Morgan fingerprint density at radius 2 is 1.14 bits per heavy atom. The van der Waals surface area contributed by atoms with E-state index in [1.165, 1.54) is 79.8 Å². The molecule has 0 saturated carbocycles. The van der Waals surface area contributed by atoms with Gasteiger partial charge in [-0.25, -0.2) is 0 Å². The Morgan fingerprint density at radius 1 is 0.690 bits per heavy atom. The smallest absolute Gasteiger partial charge is 0.145 e. The predicted octanol–water partition coefficient (Wildman–Crippen LogP) is 10.5. The van der Waals surface area contributed by atoms with Gasteiger partial charge in [0.2, 0.25) is 0 Å². The lowest BCUT2D eigenvalue weighted by molar-refractivity contribution is 0.597. The summed E-state index contributed by atoms with van der Waals surface area (Å²) in [4.78, 5) is 2.56. The molecule has 0 unspecified atom stereocenters. The molecule has 0 atom stereocenters. The van der Waals surface area contributed by atoms with Gasteiger partial charge in [-0.2, -0.15) is 0 Å². The molecule has 29 heavy (non-hydrogen) atoms. The van der Waals surface area contributed by atoms with Crippen molar-refractivity contribution in [2.45, 2.75) is 78.1 Å². The number of thiophene rings is 2. The molecule has 0 aliphatic rings. The zero-order valence-electron chi connectivity index (χ0n) is 17.4. The third-order valence-electron chi connectivity index (χ3n) is 5.21. The molecule has 3 heterocycles. The Balaban J connectivity index is 1.76. The second kappa shape index (κ2) is 11.9. The molecule has 0 bridgehead atoms. The van der Waals surface area contributed by atoms with Gasteiger partial charge in [-0.15, -0.1) is 22.7 Å². The Morgan fingerprint density at radius 3 is 1.55 bits per heavy atom. The molecule has 5 heteroatoms. The van der Waals surface area contributed by atoms with Crippen LogP contribution in [0.5, 0.6) is 0 Å². The van der Waals surface area contributed by atoms with E-state index in [2.05, 4.69) is 70.0 Å². The molecule has 158 valence electrons. The van der Waals surface area contributed by atoms with Crippen LogP contribution in [0.2, 0.25) is 0 Å². The zero-order valence-corrected chi connectivity index (χ0v) is 22.2. The summed E-state index contributed by atoms with van der Waals surface area (Å²) in [6.45, 7) is 4.52. The fourth-order valence-corrected chi connectivity index (χ4v) is 6.97. The summed E-state index contributed by atoms with van der Waals surface area (Å²) in [5.74, 6) is 2.00. The molecule has 0 aliphatic carbocycles. The number of halogens is 2. The van der Waals surface area contributed by atoms with Crippen LogP contribution in [0.3, 0.4) is 0 Å². The summed E-state index contributed by atoms with van der Waals surface area (Å²) in [5, 5.41) is 0. The molecule has 0 fully saturated rings. The van der Waals surface area contributed by atoms with Gasteiger partial charge in [-0.1, -0.05) is 52.4 Å². The van der Waals surface area contributed by atoms with Crippen LogP contribution in [0.1, 0.15) is 76.3 Å². The van der Waals surface area contributed by atoms with Crippen molar-refractivity contribution in [3.63, 3.8) is 0 Å². The first-order valence-corrected chi connectivity index (χ1v) is 14.0. The minimum Gasteiger partial charge on any atom is -0.454 e. The van der Waals surface area contributed by atoms with Crippen LogP contribution >= 0.6 is 54.5 Å². The summed E-state index contributed by atoms with van der Waals surface area (Å²) in [7, 11) is 0. The van der Waals surface area contributed by atoms with Gasteiger partial charge in [0.25, 0.3) is 0 Å². The zero-order chi connectivity index (χ0) is 20.6. The highest BCUT2D eigenvalue weighted by Gasteiger charge is 2.17. The molecule has 3 aromatic rings. The van der Waals surface area contributed by atoms with Gasteiger partial charge in [0.1, 0.15) is 11.5 Å². The van der Waals surface area contributed by atoms with Crippen molar-refractivity contribution in [1.29, 1.82) is 0 Å². The minimum absolute atomic E-state index is 1.00. The summed E-state index contributed by atoms with van der Waals surface area (Å²) in [6, 6.07) is 8.85. The third kappa shape index (κ3) is 6.56. The van der Waals surface area contributed by atoms with Gasteiger partial charge < -0.3 is 4.42 Å². The number of hydrogen-bond acceptors (Lipinski definition) is 3. The average Bonchev–Trinajstić information content (AvgIpc) is 3.40. The number of furan rings is 1. The third-order valence-corrected chi connectivity index (χ3v) is 8.60. The molecule has 1 nitrogen and oxygen atoms in total. The van der Waals surface area contributed by atoms with Crippen molar-refractivity contribution in [1.82, 2.24) is 0 Å². The first-order chi connectivity index (χ1) is 14.1. The fraction of sp³-hybridized carbons (Fsp3) is 0.500. The second-order valence-corrected chi connectivity index (χ2v) is 12.5. The van der Waals surface area contributed by atoms with Crippen LogP contribution < -0.4 is 0 Å². The Hall–Kier alpha value is -0.360. The van der Waals surface area contributed by atoms with Crippen LogP contribution in [-0.2, 0) is 12.8 Å². The van der Waals surface area contributed by atoms with E-state index in [0.29, 0.717) is 0 Å². The summed E-state index contributed by atoms with van der Waals surface area (Å²) in [6.07, 6.45) is 12.5. The number of hydrogen-bond donors (Lipinski definition) is 0. The predicted molar refractivity (Wildman–Crippen MR) is 136 cm³/mol.